The molecule has 18 heavy (non-hydrogen) atoms. The molecular weight excluding hydrogens is 311 g/mol. The van der Waals surface area contributed by atoms with Crippen LogP contribution in [0.4, 0.5) is 15.8 Å². The average Bonchev–Trinajstić information content (AvgIpc) is 2.27. The summed E-state index contributed by atoms with van der Waals surface area (Å²) in [6, 6.07) is 1.85. The van der Waals surface area contributed by atoms with Crippen LogP contribution in [0.3, 0.4) is 0 Å². The summed E-state index contributed by atoms with van der Waals surface area (Å²) in [6.45, 7) is 1.63. The van der Waals surface area contributed by atoms with Crippen LogP contribution in [0.15, 0.2) is 16.6 Å². The molecule has 0 radical (unpaired) electrons. The highest BCUT2D eigenvalue weighted by atomic mass is 79.9. The smallest absolute Gasteiger partial charge is 0.325 e. The highest BCUT2D eigenvalue weighted by Gasteiger charge is 2.19. The van der Waals surface area contributed by atoms with Crippen LogP contribution in [0.25, 0.3) is 0 Å². The van der Waals surface area contributed by atoms with E-state index in [0.29, 0.717) is 0 Å². The zero-order chi connectivity index (χ0) is 13.7. The van der Waals surface area contributed by atoms with Gasteiger partial charge in [-0.2, -0.15) is 0 Å². The molecule has 0 heterocycles. The molecule has 0 saturated carbocycles. The van der Waals surface area contributed by atoms with Crippen molar-refractivity contribution in [2.24, 2.45) is 0 Å². The van der Waals surface area contributed by atoms with Crippen molar-refractivity contribution in [3.63, 3.8) is 0 Å². The van der Waals surface area contributed by atoms with Crippen molar-refractivity contribution in [3.8, 4) is 0 Å². The quantitative estimate of drug-likeness (QED) is 0.512. The number of benzene rings is 1. The molecule has 0 fully saturated rings. The summed E-state index contributed by atoms with van der Waals surface area (Å²) in [6.07, 6.45) is 0. The van der Waals surface area contributed by atoms with E-state index in [0.717, 1.165) is 12.1 Å². The fourth-order valence-corrected chi connectivity index (χ4v) is 1.81. The number of hydrogen-bond donors (Lipinski definition) is 1. The van der Waals surface area contributed by atoms with Gasteiger partial charge in [0.15, 0.2) is 0 Å². The first-order valence-corrected chi connectivity index (χ1v) is 5.78. The van der Waals surface area contributed by atoms with Gasteiger partial charge in [-0.05, 0) is 28.9 Å². The Morgan fingerprint density at radius 2 is 2.28 bits per heavy atom. The molecule has 0 atom stereocenters. The largest absolute Gasteiger partial charge is 0.465 e. The summed E-state index contributed by atoms with van der Waals surface area (Å²) in [7, 11) is 0. The maximum absolute atomic E-state index is 13.0. The lowest BCUT2D eigenvalue weighted by Crippen LogP contribution is -2.17. The minimum Gasteiger partial charge on any atom is -0.465 e. The van der Waals surface area contributed by atoms with E-state index >= 15 is 0 Å². The number of nitro benzene ring substituents is 1. The second-order valence-electron chi connectivity index (χ2n) is 3.20. The van der Waals surface area contributed by atoms with Crippen molar-refractivity contribution in [2.45, 2.75) is 6.92 Å². The standard InChI is InChI=1S/C10H10BrFN2O4/c1-2-18-9(15)5-13-10-7(11)3-6(12)4-8(10)14(16)17/h3-4,13H,2,5H2,1H3. The first kappa shape index (κ1) is 14.4. The second-order valence-corrected chi connectivity index (χ2v) is 4.05. The van der Waals surface area contributed by atoms with Crippen molar-refractivity contribution >= 4 is 33.3 Å². The van der Waals surface area contributed by atoms with Gasteiger partial charge in [0.05, 0.1) is 22.1 Å². The van der Waals surface area contributed by atoms with Crippen LogP contribution in [-0.2, 0) is 9.53 Å². The first-order valence-electron chi connectivity index (χ1n) is 4.98. The molecule has 0 bridgehead atoms. The van der Waals surface area contributed by atoms with Gasteiger partial charge in [-0.25, -0.2) is 4.39 Å². The molecule has 0 aromatic heterocycles. The van der Waals surface area contributed by atoms with E-state index in [4.69, 9.17) is 0 Å². The highest BCUT2D eigenvalue weighted by molar-refractivity contribution is 9.10. The normalized spacial score (nSPS) is 9.94. The third-order valence-corrected chi connectivity index (χ3v) is 2.57. The number of rotatable bonds is 5. The Labute approximate surface area is 110 Å². The third-order valence-electron chi connectivity index (χ3n) is 1.95. The molecule has 0 saturated heterocycles. The Kier molecular flexibility index (Phi) is 5.02. The van der Waals surface area contributed by atoms with Gasteiger partial charge in [-0.15, -0.1) is 0 Å². The van der Waals surface area contributed by atoms with Crippen LogP contribution in [-0.4, -0.2) is 24.0 Å². The van der Waals surface area contributed by atoms with Crippen LogP contribution in [0.2, 0.25) is 0 Å². The fourth-order valence-electron chi connectivity index (χ4n) is 1.25. The summed E-state index contributed by atoms with van der Waals surface area (Å²) in [5, 5.41) is 13.3. The molecule has 0 unspecified atom stereocenters. The molecule has 1 aromatic carbocycles. The van der Waals surface area contributed by atoms with Gasteiger partial charge in [0.2, 0.25) is 0 Å². The monoisotopic (exact) mass is 320 g/mol. The highest BCUT2D eigenvalue weighted by Crippen LogP contribution is 2.33. The number of halogens is 2. The van der Waals surface area contributed by atoms with E-state index in [1.54, 1.807) is 6.92 Å². The van der Waals surface area contributed by atoms with Gasteiger partial charge in [-0.3, -0.25) is 14.9 Å². The number of esters is 1. The SMILES string of the molecule is CCOC(=O)CNc1c(Br)cc(F)cc1[N+](=O)[O-]. The van der Waals surface area contributed by atoms with E-state index in [1.165, 1.54) is 0 Å². The predicted octanol–water partition coefficient (Wildman–Crippen LogP) is 2.47. The Balaban J connectivity index is 2.93. The molecule has 0 spiro atoms. The number of anilines is 1. The average molecular weight is 321 g/mol. The minimum atomic E-state index is -0.741. The molecular formula is C10H10BrFN2O4. The number of ether oxygens (including phenoxy) is 1. The molecule has 1 N–H and O–H groups in total. The molecule has 1 rings (SSSR count). The number of nitrogens with one attached hydrogen (secondary N) is 1. The lowest BCUT2D eigenvalue weighted by atomic mass is 10.2. The Bertz CT molecular complexity index is 481. The van der Waals surface area contributed by atoms with Crippen molar-refractivity contribution in [1.29, 1.82) is 0 Å². The summed E-state index contributed by atoms with van der Waals surface area (Å²) < 4.78 is 17.9. The van der Waals surface area contributed by atoms with E-state index in [9.17, 15) is 19.3 Å². The maximum atomic E-state index is 13.0. The Hall–Kier alpha value is -1.70. The zero-order valence-corrected chi connectivity index (χ0v) is 11.0. The molecule has 1 aromatic rings. The maximum Gasteiger partial charge on any atom is 0.325 e. The van der Waals surface area contributed by atoms with Gasteiger partial charge in [0.25, 0.3) is 5.69 Å². The van der Waals surface area contributed by atoms with Gasteiger partial charge in [0.1, 0.15) is 18.0 Å². The predicted molar refractivity (Wildman–Crippen MR) is 65.9 cm³/mol. The third kappa shape index (κ3) is 3.66. The van der Waals surface area contributed by atoms with Crippen LogP contribution in [0.1, 0.15) is 6.92 Å². The summed E-state index contributed by atoms with van der Waals surface area (Å²) in [5.74, 6) is -1.29. The summed E-state index contributed by atoms with van der Waals surface area (Å²) >= 11 is 3.00. The fraction of sp³-hybridized carbons (Fsp3) is 0.300. The van der Waals surface area contributed by atoms with Crippen LogP contribution < -0.4 is 5.32 Å². The van der Waals surface area contributed by atoms with Gasteiger partial charge in [0, 0.05) is 0 Å². The van der Waals surface area contributed by atoms with Gasteiger partial charge in [-0.1, -0.05) is 0 Å². The molecule has 0 aliphatic carbocycles. The lowest BCUT2D eigenvalue weighted by molar-refractivity contribution is -0.384. The molecule has 0 aliphatic rings. The Morgan fingerprint density at radius 3 is 2.83 bits per heavy atom. The van der Waals surface area contributed by atoms with Crippen LogP contribution in [0.5, 0.6) is 0 Å². The first-order chi connectivity index (χ1) is 8.45. The number of hydrogen-bond acceptors (Lipinski definition) is 5. The zero-order valence-electron chi connectivity index (χ0n) is 9.41. The summed E-state index contributed by atoms with van der Waals surface area (Å²) in [4.78, 5) is 21.2. The van der Waals surface area contributed by atoms with Crippen molar-refractivity contribution in [1.82, 2.24) is 0 Å². The van der Waals surface area contributed by atoms with E-state index in [2.05, 4.69) is 26.0 Å². The van der Waals surface area contributed by atoms with Crippen LogP contribution >= 0.6 is 15.9 Å². The van der Waals surface area contributed by atoms with E-state index in [1.807, 2.05) is 0 Å². The van der Waals surface area contributed by atoms with Crippen molar-refractivity contribution in [3.05, 3.63) is 32.5 Å². The van der Waals surface area contributed by atoms with E-state index < -0.39 is 22.4 Å². The molecule has 98 valence electrons. The molecule has 6 nitrogen and oxygen atoms in total. The molecule has 8 heteroatoms. The second kappa shape index (κ2) is 6.29. The lowest BCUT2D eigenvalue weighted by Gasteiger charge is -2.08. The minimum absolute atomic E-state index is 0.0365. The van der Waals surface area contributed by atoms with Crippen LogP contribution in [0, 0.1) is 15.9 Å². The number of carbonyl (C=O) groups excluding carboxylic acids is 1. The van der Waals surface area contributed by atoms with Gasteiger partial charge >= 0.3 is 5.97 Å². The van der Waals surface area contributed by atoms with E-state index in [-0.39, 0.29) is 23.3 Å². The number of nitrogens with zero attached hydrogens (tertiary/aromatic N) is 1. The van der Waals surface area contributed by atoms with Gasteiger partial charge < -0.3 is 10.1 Å². The van der Waals surface area contributed by atoms with Crippen molar-refractivity contribution in [2.75, 3.05) is 18.5 Å². The Morgan fingerprint density at radius 1 is 1.61 bits per heavy atom. The summed E-state index contributed by atoms with van der Waals surface area (Å²) in [5.41, 5.74) is -0.416. The van der Waals surface area contributed by atoms with Crippen molar-refractivity contribution < 1.29 is 18.8 Å². The molecule has 0 amide bonds. The number of nitro groups is 1. The molecule has 0 aliphatic heterocycles. The number of carbonyl (C=O) groups is 1. The topological polar surface area (TPSA) is 81.5 Å².